The molecule has 4 rings (SSSR count). The summed E-state index contributed by atoms with van der Waals surface area (Å²) >= 11 is 0. The molecule has 0 saturated carbocycles. The van der Waals surface area contributed by atoms with Crippen molar-refractivity contribution in [1.29, 1.82) is 0 Å². The summed E-state index contributed by atoms with van der Waals surface area (Å²) in [5.74, 6) is -0.814. The number of imidazole rings is 1. The van der Waals surface area contributed by atoms with Crippen LogP contribution in [0.25, 0.3) is 11.2 Å². The summed E-state index contributed by atoms with van der Waals surface area (Å²) < 4.78 is 7.75. The van der Waals surface area contributed by atoms with Crippen LogP contribution in [0.15, 0.2) is 73.3 Å². The Kier molecular flexibility index (Phi) is 6.30. The molecule has 1 atom stereocenters. The molecule has 0 saturated heterocycles. The molecule has 0 spiro atoms. The molecule has 2 aromatic heterocycles. The maximum absolute atomic E-state index is 13.2. The third-order valence-corrected chi connectivity index (χ3v) is 5.21. The van der Waals surface area contributed by atoms with Crippen molar-refractivity contribution in [2.45, 2.75) is 51.7 Å². The van der Waals surface area contributed by atoms with E-state index in [-0.39, 0.29) is 5.97 Å². The zero-order valence-corrected chi connectivity index (χ0v) is 18.7. The predicted octanol–water partition coefficient (Wildman–Crippen LogP) is 4.93. The Labute approximate surface area is 188 Å². The van der Waals surface area contributed by atoms with E-state index in [0.29, 0.717) is 29.8 Å². The maximum atomic E-state index is 13.2. The van der Waals surface area contributed by atoms with E-state index in [1.165, 1.54) is 11.9 Å². The molecule has 4 aromatic rings. The van der Waals surface area contributed by atoms with E-state index in [0.717, 1.165) is 12.0 Å². The van der Waals surface area contributed by atoms with Gasteiger partial charge in [0.25, 0.3) is 0 Å². The van der Waals surface area contributed by atoms with Gasteiger partial charge in [0.2, 0.25) is 0 Å². The Morgan fingerprint density at radius 2 is 1.59 bits per heavy atom. The molecule has 2 aromatic carbocycles. The number of esters is 1. The van der Waals surface area contributed by atoms with Gasteiger partial charge >= 0.3 is 5.97 Å². The number of carbonyl (C=O) groups excluding carboxylic acids is 1. The van der Waals surface area contributed by atoms with Crippen LogP contribution in [-0.2, 0) is 22.5 Å². The highest BCUT2D eigenvalue weighted by atomic mass is 16.6. The van der Waals surface area contributed by atoms with Crippen LogP contribution in [0, 0.1) is 0 Å². The van der Waals surface area contributed by atoms with Gasteiger partial charge in [-0.25, -0.2) is 15.0 Å². The molecular weight excluding hydrogens is 400 g/mol. The van der Waals surface area contributed by atoms with Crippen molar-refractivity contribution < 1.29 is 9.53 Å². The smallest absolute Gasteiger partial charge is 0.315 e. The van der Waals surface area contributed by atoms with E-state index in [9.17, 15) is 4.79 Å². The monoisotopic (exact) mass is 428 g/mol. The molecule has 0 aliphatic carbocycles. The fourth-order valence-corrected chi connectivity index (χ4v) is 3.74. The summed E-state index contributed by atoms with van der Waals surface area (Å²) in [5, 5.41) is 0. The molecule has 0 aliphatic heterocycles. The number of aryl methyl sites for hydroxylation is 1. The third-order valence-electron chi connectivity index (χ3n) is 5.21. The van der Waals surface area contributed by atoms with Gasteiger partial charge in [-0.05, 0) is 44.7 Å². The molecule has 0 radical (unpaired) electrons. The van der Waals surface area contributed by atoms with Gasteiger partial charge < -0.3 is 9.30 Å². The van der Waals surface area contributed by atoms with Crippen molar-refractivity contribution in [3.05, 3.63) is 90.1 Å². The first-order chi connectivity index (χ1) is 15.4. The van der Waals surface area contributed by atoms with Crippen LogP contribution >= 0.6 is 0 Å². The third kappa shape index (κ3) is 5.19. The lowest BCUT2D eigenvalue weighted by molar-refractivity contribution is -0.157. The van der Waals surface area contributed by atoms with Gasteiger partial charge in [0.15, 0.2) is 5.65 Å². The molecule has 6 heteroatoms. The molecule has 0 N–H and O–H groups in total. The fourth-order valence-electron chi connectivity index (χ4n) is 3.74. The van der Waals surface area contributed by atoms with Gasteiger partial charge in [-0.15, -0.1) is 0 Å². The molecule has 0 bridgehead atoms. The molecule has 0 aliphatic rings. The Morgan fingerprint density at radius 1 is 0.938 bits per heavy atom. The van der Waals surface area contributed by atoms with E-state index in [2.05, 4.69) is 39.2 Å². The lowest BCUT2D eigenvalue weighted by atomic mass is 9.95. The first-order valence-corrected chi connectivity index (χ1v) is 10.9. The first-order valence-electron chi connectivity index (χ1n) is 10.9. The van der Waals surface area contributed by atoms with Gasteiger partial charge in [-0.2, -0.15) is 0 Å². The quantitative estimate of drug-likeness (QED) is 0.390. The minimum Gasteiger partial charge on any atom is -0.459 e. The summed E-state index contributed by atoms with van der Waals surface area (Å²) in [7, 11) is 0. The second kappa shape index (κ2) is 9.30. The Bertz CT molecular complexity index is 1180. The van der Waals surface area contributed by atoms with Crippen LogP contribution in [0.3, 0.4) is 0 Å². The summed E-state index contributed by atoms with van der Waals surface area (Å²) in [6, 6.07) is 20.3. The molecular formula is C26H28N4O2. The largest absolute Gasteiger partial charge is 0.459 e. The number of hydrogen-bond acceptors (Lipinski definition) is 5. The molecule has 32 heavy (non-hydrogen) atoms. The molecule has 6 nitrogen and oxygen atoms in total. The van der Waals surface area contributed by atoms with Gasteiger partial charge in [0.1, 0.15) is 23.4 Å². The highest BCUT2D eigenvalue weighted by Gasteiger charge is 2.30. The number of benzene rings is 2. The summed E-state index contributed by atoms with van der Waals surface area (Å²) in [5.41, 5.74) is 3.72. The van der Waals surface area contributed by atoms with E-state index in [4.69, 9.17) is 4.74 Å². The van der Waals surface area contributed by atoms with Gasteiger partial charge in [-0.3, -0.25) is 4.79 Å². The summed E-state index contributed by atoms with van der Waals surface area (Å²) in [4.78, 5) is 26.8. The van der Waals surface area contributed by atoms with E-state index >= 15 is 0 Å². The van der Waals surface area contributed by atoms with E-state index < -0.39 is 11.5 Å². The SMILES string of the molecule is CC(C)(C)OC(=O)C(CCc1ccccc1)c1ncnc2c1ncn2Cc1ccccc1. The van der Waals surface area contributed by atoms with Gasteiger partial charge in [-0.1, -0.05) is 60.7 Å². The number of carbonyl (C=O) groups is 1. The number of fused-ring (bicyclic) bond motifs is 1. The molecule has 2 heterocycles. The average molecular weight is 429 g/mol. The summed E-state index contributed by atoms with van der Waals surface area (Å²) in [6.07, 6.45) is 4.59. The Morgan fingerprint density at radius 3 is 2.25 bits per heavy atom. The van der Waals surface area contributed by atoms with Gasteiger partial charge in [0.05, 0.1) is 18.6 Å². The highest BCUT2D eigenvalue weighted by molar-refractivity contribution is 5.84. The average Bonchev–Trinajstić information content (AvgIpc) is 3.18. The molecule has 1 unspecified atom stereocenters. The zero-order valence-electron chi connectivity index (χ0n) is 18.7. The van der Waals surface area contributed by atoms with Crippen molar-refractivity contribution in [1.82, 2.24) is 19.5 Å². The molecule has 0 amide bonds. The zero-order chi connectivity index (χ0) is 22.6. The van der Waals surface area contributed by atoms with Gasteiger partial charge in [0, 0.05) is 0 Å². The second-order valence-corrected chi connectivity index (χ2v) is 8.90. The van der Waals surface area contributed by atoms with E-state index in [1.807, 2.05) is 61.7 Å². The lowest BCUT2D eigenvalue weighted by Gasteiger charge is -2.24. The second-order valence-electron chi connectivity index (χ2n) is 8.90. The lowest BCUT2D eigenvalue weighted by Crippen LogP contribution is -2.28. The fraction of sp³-hybridized carbons (Fsp3) is 0.308. The normalized spacial score (nSPS) is 12.6. The topological polar surface area (TPSA) is 69.9 Å². The first kappa shape index (κ1) is 21.7. The van der Waals surface area contributed by atoms with Crippen molar-refractivity contribution in [2.24, 2.45) is 0 Å². The summed E-state index contributed by atoms with van der Waals surface area (Å²) in [6.45, 7) is 6.28. The van der Waals surface area contributed by atoms with Crippen LogP contribution in [-0.4, -0.2) is 31.1 Å². The van der Waals surface area contributed by atoms with Crippen LogP contribution in [0.4, 0.5) is 0 Å². The Balaban J connectivity index is 1.67. The van der Waals surface area contributed by atoms with Crippen LogP contribution in [0.5, 0.6) is 0 Å². The highest BCUT2D eigenvalue weighted by Crippen LogP contribution is 2.29. The number of nitrogens with zero attached hydrogens (tertiary/aromatic N) is 4. The minimum atomic E-state index is -0.582. The molecule has 164 valence electrons. The molecule has 0 fully saturated rings. The van der Waals surface area contributed by atoms with E-state index in [1.54, 1.807) is 6.33 Å². The van der Waals surface area contributed by atoms with Crippen molar-refractivity contribution >= 4 is 17.1 Å². The van der Waals surface area contributed by atoms with Crippen LogP contribution in [0.1, 0.15) is 49.9 Å². The number of rotatable bonds is 7. The maximum Gasteiger partial charge on any atom is 0.315 e. The van der Waals surface area contributed by atoms with Crippen LogP contribution < -0.4 is 0 Å². The predicted molar refractivity (Wildman–Crippen MR) is 124 cm³/mol. The number of aromatic nitrogens is 4. The van der Waals surface area contributed by atoms with Crippen LogP contribution in [0.2, 0.25) is 0 Å². The Hall–Kier alpha value is -3.54. The standard InChI is InChI=1S/C26H28N4O2/c1-26(2,3)32-25(31)21(15-14-19-10-6-4-7-11-19)22-23-24(28-17-27-22)30(18-29-23)16-20-12-8-5-9-13-20/h4-13,17-18,21H,14-16H2,1-3H3. The van der Waals surface area contributed by atoms with Crippen molar-refractivity contribution in [3.8, 4) is 0 Å². The van der Waals surface area contributed by atoms with Crippen molar-refractivity contribution in [2.75, 3.05) is 0 Å². The minimum absolute atomic E-state index is 0.286. The number of hydrogen-bond donors (Lipinski definition) is 0. The number of ether oxygens (including phenoxy) is 1. The van der Waals surface area contributed by atoms with Crippen molar-refractivity contribution in [3.63, 3.8) is 0 Å².